The molecule has 3 rings (SSSR count). The van der Waals surface area contributed by atoms with Crippen molar-refractivity contribution < 1.29 is 13.9 Å². The predicted molar refractivity (Wildman–Crippen MR) is 78.5 cm³/mol. The van der Waals surface area contributed by atoms with E-state index in [0.29, 0.717) is 29.3 Å². The molecule has 1 aromatic heterocycles. The van der Waals surface area contributed by atoms with Gasteiger partial charge in [0.2, 0.25) is 0 Å². The second-order valence-electron chi connectivity index (χ2n) is 4.76. The first-order valence-corrected chi connectivity index (χ1v) is 7.30. The quantitative estimate of drug-likeness (QED) is 0.917. The number of hydrogen-bond acceptors (Lipinski definition) is 5. The lowest BCUT2D eigenvalue weighted by molar-refractivity contribution is 0.100. The number of nitrogens with two attached hydrogens (primary N) is 1. The summed E-state index contributed by atoms with van der Waals surface area (Å²) in [5.74, 6) is 0.116. The average molecular weight is 307 g/mol. The van der Waals surface area contributed by atoms with Crippen molar-refractivity contribution in [3.8, 4) is 5.75 Å². The third-order valence-corrected chi connectivity index (χ3v) is 4.34. The number of nitrogens with zero attached hydrogens (tertiary/aromatic N) is 2. The Morgan fingerprint density at radius 1 is 1.48 bits per heavy atom. The SMILES string of the molecule is NC(=O)c1cnc(N2CC(Oc3ccccc3CF)C2)s1. The van der Waals surface area contributed by atoms with Gasteiger partial charge >= 0.3 is 0 Å². The lowest BCUT2D eigenvalue weighted by Crippen LogP contribution is -2.54. The van der Waals surface area contributed by atoms with Gasteiger partial charge in [0, 0.05) is 5.56 Å². The van der Waals surface area contributed by atoms with Crippen LogP contribution in [0.3, 0.4) is 0 Å². The number of alkyl halides is 1. The number of primary amides is 1. The Hall–Kier alpha value is -2.15. The second kappa shape index (κ2) is 5.69. The molecule has 5 nitrogen and oxygen atoms in total. The smallest absolute Gasteiger partial charge is 0.260 e. The standard InChI is InChI=1S/C14H14FN3O2S/c15-5-9-3-1-2-4-11(9)20-10-7-18(8-10)14-17-6-12(21-14)13(16)19/h1-4,6,10H,5,7-8H2,(H2,16,19). The Bertz CT molecular complexity index is 655. The van der Waals surface area contributed by atoms with E-state index in [4.69, 9.17) is 10.5 Å². The maximum absolute atomic E-state index is 12.8. The summed E-state index contributed by atoms with van der Waals surface area (Å²) < 4.78 is 18.6. The molecular weight excluding hydrogens is 293 g/mol. The van der Waals surface area contributed by atoms with E-state index in [-0.39, 0.29) is 6.10 Å². The highest BCUT2D eigenvalue weighted by atomic mass is 32.1. The van der Waals surface area contributed by atoms with E-state index in [0.717, 1.165) is 5.13 Å². The first-order chi connectivity index (χ1) is 10.2. The number of ether oxygens (including phenoxy) is 1. The molecule has 1 aromatic carbocycles. The van der Waals surface area contributed by atoms with Crippen LogP contribution in [-0.4, -0.2) is 30.1 Å². The number of carbonyl (C=O) groups is 1. The number of aromatic nitrogens is 1. The van der Waals surface area contributed by atoms with Crippen molar-refractivity contribution in [1.29, 1.82) is 0 Å². The molecule has 1 aliphatic rings. The van der Waals surface area contributed by atoms with E-state index < -0.39 is 12.6 Å². The van der Waals surface area contributed by atoms with E-state index in [9.17, 15) is 9.18 Å². The fraction of sp³-hybridized carbons (Fsp3) is 0.286. The minimum Gasteiger partial charge on any atom is -0.486 e. The van der Waals surface area contributed by atoms with Gasteiger partial charge in [-0.1, -0.05) is 29.5 Å². The topological polar surface area (TPSA) is 68.5 Å². The van der Waals surface area contributed by atoms with Gasteiger partial charge in [-0.25, -0.2) is 9.37 Å². The van der Waals surface area contributed by atoms with Crippen LogP contribution in [0.2, 0.25) is 0 Å². The molecule has 2 aromatic rings. The van der Waals surface area contributed by atoms with Crippen LogP contribution in [0.1, 0.15) is 15.2 Å². The number of anilines is 1. The summed E-state index contributed by atoms with van der Waals surface area (Å²) in [6.07, 6.45) is 1.48. The molecule has 21 heavy (non-hydrogen) atoms. The number of halogens is 1. The van der Waals surface area contributed by atoms with Crippen molar-refractivity contribution in [2.45, 2.75) is 12.8 Å². The zero-order chi connectivity index (χ0) is 14.8. The summed E-state index contributed by atoms with van der Waals surface area (Å²) in [6.45, 7) is 0.778. The highest BCUT2D eigenvalue weighted by Gasteiger charge is 2.31. The lowest BCUT2D eigenvalue weighted by Gasteiger charge is -2.39. The van der Waals surface area contributed by atoms with Crippen LogP contribution in [0.5, 0.6) is 5.75 Å². The molecule has 0 atom stereocenters. The minimum absolute atomic E-state index is 0.00127. The molecule has 1 amide bonds. The third-order valence-electron chi connectivity index (χ3n) is 3.27. The van der Waals surface area contributed by atoms with E-state index in [1.165, 1.54) is 17.5 Å². The van der Waals surface area contributed by atoms with Crippen molar-refractivity contribution in [3.05, 3.63) is 40.9 Å². The zero-order valence-electron chi connectivity index (χ0n) is 11.2. The Labute approximate surface area is 125 Å². The Balaban J connectivity index is 1.59. The zero-order valence-corrected chi connectivity index (χ0v) is 12.0. The van der Waals surface area contributed by atoms with Gasteiger partial charge in [-0.05, 0) is 6.07 Å². The lowest BCUT2D eigenvalue weighted by atomic mass is 10.1. The van der Waals surface area contributed by atoms with Gasteiger partial charge in [0.25, 0.3) is 5.91 Å². The molecule has 1 saturated heterocycles. The van der Waals surface area contributed by atoms with Gasteiger partial charge in [-0.3, -0.25) is 4.79 Å². The van der Waals surface area contributed by atoms with Crippen LogP contribution >= 0.6 is 11.3 Å². The maximum atomic E-state index is 12.8. The van der Waals surface area contributed by atoms with Gasteiger partial charge in [0.15, 0.2) is 5.13 Å². The normalized spacial score (nSPS) is 14.8. The maximum Gasteiger partial charge on any atom is 0.260 e. The van der Waals surface area contributed by atoms with Gasteiger partial charge in [0.1, 0.15) is 23.4 Å². The molecule has 0 radical (unpaired) electrons. The summed E-state index contributed by atoms with van der Waals surface area (Å²) in [6, 6.07) is 7.10. The second-order valence-corrected chi connectivity index (χ2v) is 5.77. The molecule has 0 saturated carbocycles. The van der Waals surface area contributed by atoms with Crippen LogP contribution in [-0.2, 0) is 6.67 Å². The predicted octanol–water partition coefficient (Wildman–Crippen LogP) is 1.98. The Kier molecular flexibility index (Phi) is 3.74. The number of thiazole rings is 1. The number of amides is 1. The number of hydrogen-bond donors (Lipinski definition) is 1. The van der Waals surface area contributed by atoms with Gasteiger partial charge in [-0.15, -0.1) is 0 Å². The van der Waals surface area contributed by atoms with Crippen LogP contribution in [0.25, 0.3) is 0 Å². The summed E-state index contributed by atoms with van der Waals surface area (Å²) in [7, 11) is 0. The molecule has 2 heterocycles. The Morgan fingerprint density at radius 2 is 2.24 bits per heavy atom. The van der Waals surface area contributed by atoms with Gasteiger partial charge in [0.05, 0.1) is 19.3 Å². The molecule has 0 spiro atoms. The summed E-state index contributed by atoms with van der Waals surface area (Å²) >= 11 is 1.27. The molecule has 110 valence electrons. The number of para-hydroxylation sites is 1. The summed E-state index contributed by atoms with van der Waals surface area (Å²) in [5.41, 5.74) is 5.76. The molecule has 0 unspecified atom stereocenters. The highest BCUT2D eigenvalue weighted by molar-refractivity contribution is 7.17. The average Bonchev–Trinajstić information content (AvgIpc) is 2.92. The van der Waals surface area contributed by atoms with Crippen molar-refractivity contribution in [3.63, 3.8) is 0 Å². The molecule has 1 aliphatic heterocycles. The van der Waals surface area contributed by atoms with E-state index in [2.05, 4.69) is 4.98 Å². The van der Waals surface area contributed by atoms with Crippen LogP contribution in [0.15, 0.2) is 30.5 Å². The van der Waals surface area contributed by atoms with Gasteiger partial charge < -0.3 is 15.4 Å². The summed E-state index contributed by atoms with van der Waals surface area (Å²) in [4.78, 5) is 17.6. The first kappa shape index (κ1) is 13.8. The molecule has 2 N–H and O–H groups in total. The molecular formula is C14H14FN3O2S. The third kappa shape index (κ3) is 2.82. The van der Waals surface area contributed by atoms with Crippen molar-refractivity contribution in [2.24, 2.45) is 5.73 Å². The van der Waals surface area contributed by atoms with E-state index in [1.54, 1.807) is 18.2 Å². The van der Waals surface area contributed by atoms with Gasteiger partial charge in [-0.2, -0.15) is 0 Å². The van der Waals surface area contributed by atoms with Crippen LogP contribution in [0, 0.1) is 0 Å². The van der Waals surface area contributed by atoms with Crippen molar-refractivity contribution in [2.75, 3.05) is 18.0 Å². The molecule has 1 fully saturated rings. The number of rotatable bonds is 5. The van der Waals surface area contributed by atoms with Crippen LogP contribution < -0.4 is 15.4 Å². The number of benzene rings is 1. The first-order valence-electron chi connectivity index (χ1n) is 6.48. The fourth-order valence-electron chi connectivity index (χ4n) is 2.10. The minimum atomic E-state index is -0.541. The highest BCUT2D eigenvalue weighted by Crippen LogP contribution is 2.29. The fourth-order valence-corrected chi connectivity index (χ4v) is 2.89. The van der Waals surface area contributed by atoms with Crippen molar-refractivity contribution >= 4 is 22.4 Å². The van der Waals surface area contributed by atoms with Crippen LogP contribution in [0.4, 0.5) is 9.52 Å². The largest absolute Gasteiger partial charge is 0.486 e. The summed E-state index contributed by atoms with van der Waals surface area (Å²) in [5, 5.41) is 0.752. The molecule has 0 aliphatic carbocycles. The number of carbonyl (C=O) groups excluding carboxylic acids is 1. The molecule has 0 bridgehead atoms. The van der Waals surface area contributed by atoms with E-state index in [1.807, 2.05) is 11.0 Å². The molecule has 7 heteroatoms. The Morgan fingerprint density at radius 3 is 2.90 bits per heavy atom. The monoisotopic (exact) mass is 307 g/mol. The van der Waals surface area contributed by atoms with Crippen molar-refractivity contribution in [1.82, 2.24) is 4.98 Å². The van der Waals surface area contributed by atoms with E-state index >= 15 is 0 Å².